The molecule has 3 aromatic rings. The van der Waals surface area contributed by atoms with Crippen LogP contribution in [0.5, 0.6) is 0 Å². The molecule has 1 saturated heterocycles. The van der Waals surface area contributed by atoms with Crippen LogP contribution in [-0.2, 0) is 4.79 Å². The summed E-state index contributed by atoms with van der Waals surface area (Å²) in [7, 11) is 0. The zero-order valence-corrected chi connectivity index (χ0v) is 19.2. The minimum Gasteiger partial charge on any atom is -0.372 e. The molecule has 1 aliphatic heterocycles. The van der Waals surface area contributed by atoms with Crippen LogP contribution in [0.1, 0.15) is 32.3 Å². The molecule has 1 aliphatic rings. The van der Waals surface area contributed by atoms with Gasteiger partial charge >= 0.3 is 0 Å². The van der Waals surface area contributed by atoms with Crippen molar-refractivity contribution in [2.45, 2.75) is 33.6 Å². The summed E-state index contributed by atoms with van der Waals surface area (Å²) in [5.41, 5.74) is 3.17. The minimum absolute atomic E-state index is 0.0606. The van der Waals surface area contributed by atoms with Gasteiger partial charge in [-0.2, -0.15) is 0 Å². The standard InChI is InChI=1S/C23H30N6OS/c1-4-27(5-2)19-10-11-20(17(3)15-19)24-21(30)18-9-8-14-29(16-18)23-26-25-22(31-23)28-12-6-7-13-28/h6-7,10-13,15,18H,4-5,8-9,14,16H2,1-3H3,(H,24,30)/t18-/m1/s1. The van der Waals surface area contributed by atoms with Gasteiger partial charge in [-0.25, -0.2) is 0 Å². The first kappa shape index (κ1) is 21.4. The molecule has 1 aromatic carbocycles. The molecule has 0 aliphatic carbocycles. The molecular formula is C23H30N6OS. The lowest BCUT2D eigenvalue weighted by atomic mass is 9.97. The Labute approximate surface area is 187 Å². The van der Waals surface area contributed by atoms with Crippen molar-refractivity contribution in [3.63, 3.8) is 0 Å². The lowest BCUT2D eigenvalue weighted by molar-refractivity contribution is -0.120. The zero-order valence-electron chi connectivity index (χ0n) is 18.4. The second kappa shape index (κ2) is 9.51. The Morgan fingerprint density at radius 1 is 1.19 bits per heavy atom. The second-order valence-electron chi connectivity index (χ2n) is 7.90. The number of anilines is 3. The Hall–Kier alpha value is -2.87. The van der Waals surface area contributed by atoms with E-state index in [2.05, 4.69) is 58.2 Å². The Balaban J connectivity index is 1.41. The van der Waals surface area contributed by atoms with Crippen LogP contribution in [0.15, 0.2) is 42.7 Å². The monoisotopic (exact) mass is 438 g/mol. The number of benzene rings is 1. The van der Waals surface area contributed by atoms with Gasteiger partial charge in [0.15, 0.2) is 0 Å². The van der Waals surface area contributed by atoms with Gasteiger partial charge in [-0.15, -0.1) is 10.2 Å². The number of rotatable bonds is 7. The van der Waals surface area contributed by atoms with Gasteiger partial charge in [-0.05, 0) is 69.5 Å². The van der Waals surface area contributed by atoms with Crippen LogP contribution in [0.25, 0.3) is 5.13 Å². The van der Waals surface area contributed by atoms with E-state index in [0.717, 1.165) is 54.0 Å². The predicted octanol–water partition coefficient (Wildman–Crippen LogP) is 4.34. The number of carbonyl (C=O) groups excluding carboxylic acids is 1. The van der Waals surface area contributed by atoms with E-state index < -0.39 is 0 Å². The third-order valence-corrected chi connectivity index (χ3v) is 6.89. The van der Waals surface area contributed by atoms with Crippen LogP contribution in [0.4, 0.5) is 16.5 Å². The quantitative estimate of drug-likeness (QED) is 0.594. The van der Waals surface area contributed by atoms with E-state index in [4.69, 9.17) is 0 Å². The van der Waals surface area contributed by atoms with Gasteiger partial charge in [-0.1, -0.05) is 11.3 Å². The maximum Gasteiger partial charge on any atom is 0.229 e. The van der Waals surface area contributed by atoms with Crippen LogP contribution in [0, 0.1) is 12.8 Å². The zero-order chi connectivity index (χ0) is 21.8. The number of aryl methyl sites for hydroxylation is 1. The van der Waals surface area contributed by atoms with E-state index in [1.54, 1.807) is 11.3 Å². The average molecular weight is 439 g/mol. The molecule has 0 spiro atoms. The van der Waals surface area contributed by atoms with Gasteiger partial charge in [-0.3, -0.25) is 9.36 Å². The van der Waals surface area contributed by atoms with Crippen molar-refractivity contribution in [1.29, 1.82) is 0 Å². The fourth-order valence-electron chi connectivity index (χ4n) is 4.08. The molecule has 7 nitrogen and oxygen atoms in total. The van der Waals surface area contributed by atoms with Gasteiger partial charge < -0.3 is 15.1 Å². The van der Waals surface area contributed by atoms with Crippen LogP contribution in [0.2, 0.25) is 0 Å². The topological polar surface area (TPSA) is 66.3 Å². The summed E-state index contributed by atoms with van der Waals surface area (Å²) in [6.45, 7) is 9.88. The van der Waals surface area contributed by atoms with Crippen molar-refractivity contribution in [1.82, 2.24) is 14.8 Å². The normalized spacial score (nSPS) is 16.4. The highest BCUT2D eigenvalue weighted by atomic mass is 32.1. The lowest BCUT2D eigenvalue weighted by Crippen LogP contribution is -2.40. The maximum absolute atomic E-state index is 13.0. The average Bonchev–Trinajstić information content (AvgIpc) is 3.48. The predicted molar refractivity (Wildman–Crippen MR) is 128 cm³/mol. The summed E-state index contributed by atoms with van der Waals surface area (Å²) < 4.78 is 1.96. The maximum atomic E-state index is 13.0. The second-order valence-corrected chi connectivity index (χ2v) is 8.84. The summed E-state index contributed by atoms with van der Waals surface area (Å²) in [6, 6.07) is 10.2. The van der Waals surface area contributed by atoms with Crippen LogP contribution in [0.3, 0.4) is 0 Å². The molecule has 1 atom stereocenters. The van der Waals surface area contributed by atoms with E-state index in [1.165, 1.54) is 5.69 Å². The highest BCUT2D eigenvalue weighted by molar-refractivity contribution is 7.17. The molecule has 1 fully saturated rings. The number of hydrogen-bond donors (Lipinski definition) is 1. The Bertz CT molecular complexity index is 1010. The molecule has 2 aromatic heterocycles. The van der Waals surface area contributed by atoms with Crippen LogP contribution < -0.4 is 15.1 Å². The Morgan fingerprint density at radius 3 is 2.65 bits per heavy atom. The smallest absolute Gasteiger partial charge is 0.229 e. The van der Waals surface area contributed by atoms with Crippen molar-refractivity contribution < 1.29 is 4.79 Å². The SMILES string of the molecule is CCN(CC)c1ccc(NC(=O)[C@@H]2CCCN(c3nnc(-n4cccc4)s3)C2)c(C)c1. The molecule has 4 rings (SSSR count). The van der Waals surface area contributed by atoms with Crippen molar-refractivity contribution >= 4 is 33.8 Å². The van der Waals surface area contributed by atoms with Gasteiger partial charge in [0.1, 0.15) is 0 Å². The molecule has 3 heterocycles. The Kier molecular flexibility index (Phi) is 6.56. The first-order valence-electron chi connectivity index (χ1n) is 11.0. The number of aromatic nitrogens is 3. The molecule has 8 heteroatoms. The fourth-order valence-corrected chi connectivity index (χ4v) is 4.92. The van der Waals surface area contributed by atoms with E-state index in [0.29, 0.717) is 6.54 Å². The van der Waals surface area contributed by atoms with Gasteiger partial charge in [0.25, 0.3) is 0 Å². The summed E-state index contributed by atoms with van der Waals surface area (Å²) in [5.74, 6) is 0.0214. The minimum atomic E-state index is -0.0606. The molecular weight excluding hydrogens is 408 g/mol. The molecule has 0 radical (unpaired) electrons. The third-order valence-electron chi connectivity index (χ3n) is 5.89. The fraction of sp³-hybridized carbons (Fsp3) is 0.435. The summed E-state index contributed by atoms with van der Waals surface area (Å²) in [5, 5.41) is 13.6. The molecule has 1 amide bonds. The molecule has 1 N–H and O–H groups in total. The molecule has 0 saturated carbocycles. The number of carbonyl (C=O) groups is 1. The number of hydrogen-bond acceptors (Lipinski definition) is 6. The highest BCUT2D eigenvalue weighted by Gasteiger charge is 2.28. The van der Waals surface area contributed by atoms with E-state index in [-0.39, 0.29) is 11.8 Å². The summed E-state index contributed by atoms with van der Waals surface area (Å²) >= 11 is 1.56. The number of piperidine rings is 1. The van der Waals surface area contributed by atoms with Crippen molar-refractivity contribution in [2.75, 3.05) is 41.3 Å². The molecule has 164 valence electrons. The van der Waals surface area contributed by atoms with Crippen molar-refractivity contribution in [2.24, 2.45) is 5.92 Å². The summed E-state index contributed by atoms with van der Waals surface area (Å²) in [4.78, 5) is 17.5. The van der Waals surface area contributed by atoms with Gasteiger partial charge in [0, 0.05) is 49.9 Å². The highest BCUT2D eigenvalue weighted by Crippen LogP contribution is 2.29. The first-order chi connectivity index (χ1) is 15.1. The van der Waals surface area contributed by atoms with E-state index in [1.807, 2.05) is 35.2 Å². The van der Waals surface area contributed by atoms with Crippen molar-refractivity contribution in [3.05, 3.63) is 48.3 Å². The van der Waals surface area contributed by atoms with E-state index in [9.17, 15) is 4.79 Å². The van der Waals surface area contributed by atoms with Gasteiger partial charge in [0.05, 0.1) is 5.92 Å². The molecule has 31 heavy (non-hydrogen) atoms. The van der Waals surface area contributed by atoms with E-state index >= 15 is 0 Å². The van der Waals surface area contributed by atoms with Gasteiger partial charge in [0.2, 0.25) is 16.2 Å². The van der Waals surface area contributed by atoms with Crippen molar-refractivity contribution in [3.8, 4) is 5.13 Å². The number of amides is 1. The molecule has 0 unspecified atom stereocenters. The summed E-state index contributed by atoms with van der Waals surface area (Å²) in [6.07, 6.45) is 5.79. The number of nitrogens with one attached hydrogen (secondary N) is 1. The number of nitrogens with zero attached hydrogens (tertiary/aromatic N) is 5. The van der Waals surface area contributed by atoms with Crippen LogP contribution >= 0.6 is 11.3 Å². The largest absolute Gasteiger partial charge is 0.372 e. The third kappa shape index (κ3) is 4.74. The molecule has 0 bridgehead atoms. The Morgan fingerprint density at radius 2 is 1.94 bits per heavy atom. The van der Waals surface area contributed by atoms with Crippen LogP contribution in [-0.4, -0.2) is 46.9 Å². The first-order valence-corrected chi connectivity index (χ1v) is 11.8. The lowest BCUT2D eigenvalue weighted by Gasteiger charge is -2.31.